The molecule has 31 heavy (non-hydrogen) atoms. The molecule has 2 saturated heterocycles. The van der Waals surface area contributed by atoms with Crippen molar-refractivity contribution >= 4 is 35.2 Å². The summed E-state index contributed by atoms with van der Waals surface area (Å²) in [6.45, 7) is 5.90. The molecule has 0 radical (unpaired) electrons. The number of rotatable bonds is 4. The molecule has 3 aliphatic rings. The van der Waals surface area contributed by atoms with E-state index in [9.17, 15) is 24.0 Å². The van der Waals surface area contributed by atoms with Crippen molar-refractivity contribution in [3.8, 4) is 0 Å². The highest BCUT2D eigenvalue weighted by atomic mass is 16.2. The Kier molecular flexibility index (Phi) is 5.26. The van der Waals surface area contributed by atoms with Crippen LogP contribution in [0.25, 0.3) is 0 Å². The van der Waals surface area contributed by atoms with E-state index in [1.54, 1.807) is 17.0 Å². The van der Waals surface area contributed by atoms with Crippen molar-refractivity contribution in [2.45, 2.75) is 38.3 Å². The third-order valence-electron chi connectivity index (χ3n) is 5.82. The van der Waals surface area contributed by atoms with Crippen LogP contribution in [0.5, 0.6) is 0 Å². The Hall–Kier alpha value is -3.27. The predicted octanol–water partition coefficient (Wildman–Crippen LogP) is -0.290. The van der Waals surface area contributed by atoms with Crippen molar-refractivity contribution in [2.24, 2.45) is 0 Å². The number of nitrogens with zero attached hydrogens (tertiary/aromatic N) is 2. The molecular weight excluding hydrogens is 402 g/mol. The average molecular weight is 427 g/mol. The van der Waals surface area contributed by atoms with Gasteiger partial charge in [-0.1, -0.05) is 6.07 Å². The van der Waals surface area contributed by atoms with Gasteiger partial charge in [0.15, 0.2) is 0 Å². The first-order chi connectivity index (χ1) is 14.7. The molecule has 0 saturated carbocycles. The molecule has 164 valence electrons. The van der Waals surface area contributed by atoms with Gasteiger partial charge >= 0.3 is 0 Å². The van der Waals surface area contributed by atoms with Gasteiger partial charge in [-0.15, -0.1) is 0 Å². The number of amides is 5. The van der Waals surface area contributed by atoms with Crippen LogP contribution in [0.1, 0.15) is 47.4 Å². The van der Waals surface area contributed by atoms with Crippen molar-refractivity contribution in [1.29, 1.82) is 0 Å². The maximum absolute atomic E-state index is 13.1. The molecule has 0 bridgehead atoms. The van der Waals surface area contributed by atoms with E-state index in [0.717, 1.165) is 4.90 Å². The number of anilines is 1. The third kappa shape index (κ3) is 3.90. The van der Waals surface area contributed by atoms with Gasteiger partial charge in [0.1, 0.15) is 6.04 Å². The standard InChI is InChI=1S/C21H25N5O5/c1-21(2)11-25(9-8-23-21)16(28)10-22-13-5-3-4-12-17(13)20(31)26(19(12)30)14-6-7-15(27)24-18(14)29/h3-5,14,22-23H,6-11H2,1-2H3,(H,24,27,29). The number of fused-ring (bicyclic) bond motifs is 1. The van der Waals surface area contributed by atoms with E-state index >= 15 is 0 Å². The number of piperidine rings is 1. The van der Waals surface area contributed by atoms with Crippen LogP contribution in [0.4, 0.5) is 5.69 Å². The lowest BCUT2D eigenvalue weighted by molar-refractivity contribution is -0.136. The topological polar surface area (TPSA) is 128 Å². The molecule has 1 aromatic carbocycles. The number of benzene rings is 1. The highest BCUT2D eigenvalue weighted by molar-refractivity contribution is 6.25. The molecule has 0 aliphatic carbocycles. The van der Waals surface area contributed by atoms with Crippen LogP contribution in [0.2, 0.25) is 0 Å². The average Bonchev–Trinajstić information content (AvgIpc) is 2.97. The minimum atomic E-state index is -1.03. The second-order valence-corrected chi connectivity index (χ2v) is 8.65. The van der Waals surface area contributed by atoms with E-state index in [1.165, 1.54) is 6.07 Å². The Morgan fingerprint density at radius 2 is 1.97 bits per heavy atom. The monoisotopic (exact) mass is 427 g/mol. The van der Waals surface area contributed by atoms with Gasteiger partial charge in [-0.3, -0.25) is 34.2 Å². The molecule has 1 atom stereocenters. The molecule has 0 aromatic heterocycles. The second kappa shape index (κ2) is 7.77. The number of carbonyl (C=O) groups is 5. The Morgan fingerprint density at radius 3 is 2.68 bits per heavy atom. The van der Waals surface area contributed by atoms with Crippen LogP contribution in [0, 0.1) is 0 Å². The number of carbonyl (C=O) groups excluding carboxylic acids is 5. The van der Waals surface area contributed by atoms with Crippen molar-refractivity contribution < 1.29 is 24.0 Å². The fourth-order valence-corrected chi connectivity index (χ4v) is 4.30. The Morgan fingerprint density at radius 1 is 1.19 bits per heavy atom. The zero-order chi connectivity index (χ0) is 22.3. The Labute approximate surface area is 179 Å². The van der Waals surface area contributed by atoms with Gasteiger partial charge in [0.25, 0.3) is 11.8 Å². The minimum Gasteiger partial charge on any atom is -0.375 e. The third-order valence-corrected chi connectivity index (χ3v) is 5.82. The molecule has 5 amide bonds. The van der Waals surface area contributed by atoms with Crippen LogP contribution in [-0.2, 0) is 14.4 Å². The summed E-state index contributed by atoms with van der Waals surface area (Å²) < 4.78 is 0. The van der Waals surface area contributed by atoms with Gasteiger partial charge in [-0.2, -0.15) is 0 Å². The zero-order valence-electron chi connectivity index (χ0n) is 17.5. The first kappa shape index (κ1) is 21.0. The molecule has 0 spiro atoms. The number of hydrogen-bond acceptors (Lipinski definition) is 7. The quantitative estimate of drug-likeness (QED) is 0.564. The lowest BCUT2D eigenvalue weighted by Crippen LogP contribution is -2.59. The van der Waals surface area contributed by atoms with Crippen molar-refractivity contribution in [3.63, 3.8) is 0 Å². The zero-order valence-corrected chi connectivity index (χ0v) is 17.5. The second-order valence-electron chi connectivity index (χ2n) is 8.65. The predicted molar refractivity (Wildman–Crippen MR) is 110 cm³/mol. The largest absolute Gasteiger partial charge is 0.375 e. The molecule has 3 N–H and O–H groups in total. The summed E-state index contributed by atoms with van der Waals surface area (Å²) in [6, 6.07) is 3.75. The molecule has 3 heterocycles. The fourth-order valence-electron chi connectivity index (χ4n) is 4.30. The maximum atomic E-state index is 13.1. The summed E-state index contributed by atoms with van der Waals surface area (Å²) in [5.41, 5.74) is 0.515. The van der Waals surface area contributed by atoms with Crippen LogP contribution >= 0.6 is 0 Å². The molecule has 10 heteroatoms. The first-order valence-corrected chi connectivity index (χ1v) is 10.3. The number of piperazine rings is 1. The number of imide groups is 2. The first-order valence-electron chi connectivity index (χ1n) is 10.3. The van der Waals surface area contributed by atoms with Crippen molar-refractivity contribution in [1.82, 2.24) is 20.4 Å². The lowest BCUT2D eigenvalue weighted by atomic mass is 10.0. The molecular formula is C21H25N5O5. The summed E-state index contributed by atoms with van der Waals surface area (Å²) in [6.07, 6.45) is 0.153. The molecule has 4 rings (SSSR count). The molecule has 1 unspecified atom stereocenters. The van der Waals surface area contributed by atoms with E-state index in [4.69, 9.17) is 0 Å². The van der Waals surface area contributed by atoms with E-state index in [2.05, 4.69) is 16.0 Å². The maximum Gasteiger partial charge on any atom is 0.264 e. The van der Waals surface area contributed by atoms with Crippen LogP contribution in [0.3, 0.4) is 0 Å². The molecule has 1 aromatic rings. The minimum absolute atomic E-state index is 0.0214. The summed E-state index contributed by atoms with van der Waals surface area (Å²) in [5, 5.41) is 8.52. The fraction of sp³-hybridized carbons (Fsp3) is 0.476. The summed E-state index contributed by atoms with van der Waals surface area (Å²) in [7, 11) is 0. The van der Waals surface area contributed by atoms with Crippen LogP contribution in [0.15, 0.2) is 18.2 Å². The number of hydrogen-bond donors (Lipinski definition) is 3. The van der Waals surface area contributed by atoms with Gasteiger partial charge < -0.3 is 15.5 Å². The van der Waals surface area contributed by atoms with Crippen molar-refractivity contribution in [2.75, 3.05) is 31.5 Å². The highest BCUT2D eigenvalue weighted by Crippen LogP contribution is 2.32. The smallest absolute Gasteiger partial charge is 0.264 e. The molecule has 2 fully saturated rings. The summed E-state index contributed by atoms with van der Waals surface area (Å²) in [4.78, 5) is 64.9. The van der Waals surface area contributed by atoms with E-state index < -0.39 is 29.7 Å². The van der Waals surface area contributed by atoms with E-state index in [0.29, 0.717) is 25.3 Å². The van der Waals surface area contributed by atoms with Crippen molar-refractivity contribution in [3.05, 3.63) is 29.3 Å². The van der Waals surface area contributed by atoms with Gasteiger partial charge in [-0.05, 0) is 32.4 Å². The normalized spacial score (nSPS) is 23.0. The van der Waals surface area contributed by atoms with E-state index in [1.807, 2.05) is 13.8 Å². The molecule has 10 nitrogen and oxygen atoms in total. The summed E-state index contributed by atoms with van der Waals surface area (Å²) >= 11 is 0. The van der Waals surface area contributed by atoms with Crippen LogP contribution < -0.4 is 16.0 Å². The molecule has 3 aliphatic heterocycles. The lowest BCUT2D eigenvalue weighted by Gasteiger charge is -2.39. The van der Waals surface area contributed by atoms with Gasteiger partial charge in [0, 0.05) is 37.3 Å². The van der Waals surface area contributed by atoms with Crippen LogP contribution in [-0.4, -0.2) is 77.1 Å². The summed E-state index contributed by atoms with van der Waals surface area (Å²) in [5.74, 6) is -2.36. The Balaban J connectivity index is 1.50. The highest BCUT2D eigenvalue weighted by Gasteiger charge is 2.45. The van der Waals surface area contributed by atoms with Gasteiger partial charge in [0.05, 0.1) is 17.7 Å². The van der Waals surface area contributed by atoms with Gasteiger partial charge in [0.2, 0.25) is 17.7 Å². The van der Waals surface area contributed by atoms with E-state index in [-0.39, 0.29) is 42.0 Å². The Bertz CT molecular complexity index is 988. The van der Waals surface area contributed by atoms with Gasteiger partial charge in [-0.25, -0.2) is 0 Å². The SMILES string of the molecule is CC1(C)CN(C(=O)CNc2cccc3c2C(=O)N(C2CCC(=O)NC2=O)C3=O)CCN1. The number of nitrogens with one attached hydrogen (secondary N) is 3.